The van der Waals surface area contributed by atoms with Crippen molar-refractivity contribution >= 4 is 17.3 Å². The second-order valence-corrected chi connectivity index (χ2v) is 6.31. The highest BCUT2D eigenvalue weighted by atomic mass is 19.3. The summed E-state index contributed by atoms with van der Waals surface area (Å²) in [4.78, 5) is 15.4. The summed E-state index contributed by atoms with van der Waals surface area (Å²) in [6.45, 7) is 2.10. The normalized spacial score (nSPS) is 20.5. The summed E-state index contributed by atoms with van der Waals surface area (Å²) in [5.74, 6) is 0.192. The molecule has 6 heteroatoms. The van der Waals surface area contributed by atoms with E-state index < -0.39 is 6.43 Å². The number of nitrogens with one attached hydrogen (secondary N) is 1. The molecule has 0 spiro atoms. The van der Waals surface area contributed by atoms with Gasteiger partial charge in [-0.25, -0.2) is 8.78 Å². The summed E-state index contributed by atoms with van der Waals surface area (Å²) in [6.07, 6.45) is 1.06. The van der Waals surface area contributed by atoms with Crippen LogP contribution in [0.3, 0.4) is 0 Å². The molecule has 2 aliphatic rings. The third-order valence-electron chi connectivity index (χ3n) is 4.61. The van der Waals surface area contributed by atoms with E-state index in [4.69, 9.17) is 0 Å². The first-order valence-electron chi connectivity index (χ1n) is 8.29. The number of carbonyl (C=O) groups is 1. The maximum absolute atomic E-state index is 12.4. The molecule has 1 amide bonds. The van der Waals surface area contributed by atoms with E-state index in [2.05, 4.69) is 5.32 Å². The third-order valence-corrected chi connectivity index (χ3v) is 4.61. The van der Waals surface area contributed by atoms with E-state index in [-0.39, 0.29) is 12.5 Å². The molecule has 0 radical (unpaired) electrons. The van der Waals surface area contributed by atoms with Gasteiger partial charge in [-0.05, 0) is 43.5 Å². The van der Waals surface area contributed by atoms with Crippen molar-refractivity contribution in [3.8, 4) is 0 Å². The van der Waals surface area contributed by atoms with Crippen LogP contribution in [-0.4, -0.2) is 49.5 Å². The van der Waals surface area contributed by atoms with Gasteiger partial charge in [-0.3, -0.25) is 9.69 Å². The highest BCUT2D eigenvalue weighted by molar-refractivity contribution is 5.95. The molecule has 0 aromatic heterocycles. The number of benzene rings is 1. The van der Waals surface area contributed by atoms with Gasteiger partial charge in [-0.2, -0.15) is 0 Å². The lowest BCUT2D eigenvalue weighted by Crippen LogP contribution is -2.41. The predicted molar refractivity (Wildman–Crippen MR) is 87.1 cm³/mol. The summed E-state index contributed by atoms with van der Waals surface area (Å²) < 4.78 is 24.7. The molecule has 1 N–H and O–H groups in total. The smallest absolute Gasteiger partial charge is 0.251 e. The molecule has 126 valence electrons. The molecule has 2 heterocycles. The molecule has 1 aromatic carbocycles. The zero-order valence-corrected chi connectivity index (χ0v) is 13.2. The van der Waals surface area contributed by atoms with Crippen LogP contribution in [-0.2, 0) is 4.79 Å². The maximum atomic E-state index is 12.4. The number of piperidine rings is 1. The van der Waals surface area contributed by atoms with E-state index in [0.717, 1.165) is 37.2 Å². The van der Waals surface area contributed by atoms with Crippen molar-refractivity contribution in [2.45, 2.75) is 38.2 Å². The number of carbonyl (C=O) groups excluding carboxylic acids is 1. The average molecular weight is 323 g/mol. The first-order valence-corrected chi connectivity index (χ1v) is 8.29. The van der Waals surface area contributed by atoms with Crippen LogP contribution in [0.2, 0.25) is 0 Å². The molecular weight excluding hydrogens is 300 g/mol. The zero-order valence-electron chi connectivity index (χ0n) is 13.2. The molecule has 2 saturated heterocycles. The van der Waals surface area contributed by atoms with Crippen LogP contribution in [0.5, 0.6) is 0 Å². The van der Waals surface area contributed by atoms with Gasteiger partial charge in [0.25, 0.3) is 6.43 Å². The SMILES string of the molecule is O=C1CCCN1c1ccc(NC2CCN(CC(F)F)CC2)cc1. The Kier molecular flexibility index (Phi) is 5.10. The molecular formula is C17H23F2N3O. The van der Waals surface area contributed by atoms with Gasteiger partial charge >= 0.3 is 0 Å². The minimum atomic E-state index is -2.25. The molecule has 3 rings (SSSR count). The second-order valence-electron chi connectivity index (χ2n) is 6.31. The molecule has 0 unspecified atom stereocenters. The van der Waals surface area contributed by atoms with E-state index >= 15 is 0 Å². The molecule has 23 heavy (non-hydrogen) atoms. The van der Waals surface area contributed by atoms with Crippen molar-refractivity contribution in [2.75, 3.05) is 36.4 Å². The minimum absolute atomic E-state index is 0.120. The Morgan fingerprint density at radius 2 is 1.83 bits per heavy atom. The number of likely N-dealkylation sites (tertiary alicyclic amines) is 1. The van der Waals surface area contributed by atoms with Gasteiger partial charge in [-0.15, -0.1) is 0 Å². The third kappa shape index (κ3) is 4.19. The zero-order chi connectivity index (χ0) is 16.2. The van der Waals surface area contributed by atoms with Crippen molar-refractivity contribution in [1.82, 2.24) is 4.90 Å². The Labute approximate surface area is 135 Å². The number of halogens is 2. The van der Waals surface area contributed by atoms with Crippen molar-refractivity contribution in [3.05, 3.63) is 24.3 Å². The topological polar surface area (TPSA) is 35.6 Å². The molecule has 0 atom stereocenters. The van der Waals surface area contributed by atoms with Crippen molar-refractivity contribution in [2.24, 2.45) is 0 Å². The number of hydrogen-bond donors (Lipinski definition) is 1. The van der Waals surface area contributed by atoms with E-state index in [1.165, 1.54) is 0 Å². The van der Waals surface area contributed by atoms with Crippen molar-refractivity contribution in [1.29, 1.82) is 0 Å². The van der Waals surface area contributed by atoms with Crippen LogP contribution in [0.25, 0.3) is 0 Å². The first kappa shape index (κ1) is 16.2. The van der Waals surface area contributed by atoms with Crippen LogP contribution >= 0.6 is 0 Å². The highest BCUT2D eigenvalue weighted by Gasteiger charge is 2.23. The van der Waals surface area contributed by atoms with Crippen LogP contribution in [0.15, 0.2) is 24.3 Å². The van der Waals surface area contributed by atoms with Gasteiger partial charge < -0.3 is 10.2 Å². The molecule has 1 aromatic rings. The maximum Gasteiger partial charge on any atom is 0.251 e. The van der Waals surface area contributed by atoms with Crippen LogP contribution in [0.1, 0.15) is 25.7 Å². The Morgan fingerprint density at radius 3 is 2.39 bits per heavy atom. The molecule has 0 saturated carbocycles. The number of nitrogens with zero attached hydrogens (tertiary/aromatic N) is 2. The minimum Gasteiger partial charge on any atom is -0.382 e. The molecule has 0 bridgehead atoms. The number of rotatable bonds is 5. The molecule has 2 fully saturated rings. The van der Waals surface area contributed by atoms with E-state index in [9.17, 15) is 13.6 Å². The number of hydrogen-bond acceptors (Lipinski definition) is 3. The van der Waals surface area contributed by atoms with Gasteiger partial charge in [0.1, 0.15) is 0 Å². The average Bonchev–Trinajstić information content (AvgIpc) is 2.96. The summed E-state index contributed by atoms with van der Waals surface area (Å²) >= 11 is 0. The second kappa shape index (κ2) is 7.25. The van der Waals surface area contributed by atoms with Gasteiger partial charge in [0.2, 0.25) is 5.91 Å². The monoisotopic (exact) mass is 323 g/mol. The summed E-state index contributed by atoms with van der Waals surface area (Å²) in [6, 6.07) is 8.25. The van der Waals surface area contributed by atoms with Crippen LogP contribution < -0.4 is 10.2 Å². The summed E-state index contributed by atoms with van der Waals surface area (Å²) in [5, 5.41) is 3.47. The fourth-order valence-corrected chi connectivity index (χ4v) is 3.35. The van der Waals surface area contributed by atoms with E-state index in [0.29, 0.717) is 25.6 Å². The molecule has 2 aliphatic heterocycles. The quantitative estimate of drug-likeness (QED) is 0.905. The number of alkyl halides is 2. The van der Waals surface area contributed by atoms with Gasteiger partial charge in [0.15, 0.2) is 0 Å². The summed E-state index contributed by atoms with van der Waals surface area (Å²) in [7, 11) is 0. The van der Waals surface area contributed by atoms with E-state index in [1.807, 2.05) is 34.1 Å². The number of anilines is 2. The van der Waals surface area contributed by atoms with Gasteiger partial charge in [0.05, 0.1) is 6.54 Å². The Morgan fingerprint density at radius 1 is 1.13 bits per heavy atom. The standard InChI is InChI=1S/C17H23F2N3O/c18-16(19)12-21-10-7-14(8-11-21)20-13-3-5-15(6-4-13)22-9-1-2-17(22)23/h3-6,14,16,20H,1-2,7-12H2. The Balaban J connectivity index is 1.50. The highest BCUT2D eigenvalue weighted by Crippen LogP contribution is 2.24. The largest absolute Gasteiger partial charge is 0.382 e. The predicted octanol–water partition coefficient (Wildman–Crippen LogP) is 2.95. The van der Waals surface area contributed by atoms with E-state index in [1.54, 1.807) is 0 Å². The lowest BCUT2D eigenvalue weighted by Gasteiger charge is -2.32. The Hall–Kier alpha value is -1.69. The number of amides is 1. The van der Waals surface area contributed by atoms with Crippen LogP contribution in [0.4, 0.5) is 20.2 Å². The van der Waals surface area contributed by atoms with Crippen molar-refractivity contribution < 1.29 is 13.6 Å². The molecule has 0 aliphatic carbocycles. The van der Waals surface area contributed by atoms with Gasteiger partial charge in [-0.1, -0.05) is 0 Å². The fourth-order valence-electron chi connectivity index (χ4n) is 3.35. The van der Waals surface area contributed by atoms with Gasteiger partial charge in [0, 0.05) is 43.5 Å². The van der Waals surface area contributed by atoms with Crippen molar-refractivity contribution in [3.63, 3.8) is 0 Å². The molecule has 4 nitrogen and oxygen atoms in total. The fraction of sp³-hybridized carbons (Fsp3) is 0.588. The van der Waals surface area contributed by atoms with Crippen LogP contribution in [0, 0.1) is 0 Å². The lowest BCUT2D eigenvalue weighted by atomic mass is 10.0. The summed E-state index contributed by atoms with van der Waals surface area (Å²) in [5.41, 5.74) is 1.97. The lowest BCUT2D eigenvalue weighted by molar-refractivity contribution is -0.117. The first-order chi connectivity index (χ1) is 11.1. The Bertz CT molecular complexity index is 527.